The Labute approximate surface area is 152 Å². The van der Waals surface area contributed by atoms with E-state index in [9.17, 15) is 9.18 Å². The van der Waals surface area contributed by atoms with E-state index in [0.29, 0.717) is 18.0 Å². The third kappa shape index (κ3) is 4.40. The highest BCUT2D eigenvalue weighted by atomic mass is 19.1. The van der Waals surface area contributed by atoms with Crippen LogP contribution >= 0.6 is 0 Å². The first-order valence-electron chi connectivity index (χ1n) is 8.30. The van der Waals surface area contributed by atoms with Crippen molar-refractivity contribution in [3.8, 4) is 11.5 Å². The Kier molecular flexibility index (Phi) is 5.53. The van der Waals surface area contributed by atoms with Crippen LogP contribution in [0.15, 0.2) is 48.5 Å². The third-order valence-electron chi connectivity index (χ3n) is 4.15. The van der Waals surface area contributed by atoms with Gasteiger partial charge >= 0.3 is 0 Å². The van der Waals surface area contributed by atoms with Gasteiger partial charge in [0.05, 0.1) is 6.04 Å². The zero-order valence-corrected chi connectivity index (χ0v) is 14.7. The monoisotopic (exact) mass is 356 g/mol. The summed E-state index contributed by atoms with van der Waals surface area (Å²) in [7, 11) is 3.79. The number of amides is 1. The molecule has 1 aliphatic rings. The number of carbonyl (C=O) groups is 1. The maximum atomic E-state index is 13.5. The number of nitrogens with one attached hydrogen (secondary N) is 1. The number of hydrogen-bond donors (Lipinski definition) is 1. The summed E-state index contributed by atoms with van der Waals surface area (Å²) in [6.07, 6.45) is 3.18. The Morgan fingerprint density at radius 1 is 1.23 bits per heavy atom. The summed E-state index contributed by atoms with van der Waals surface area (Å²) in [5.74, 6) is 0.871. The highest BCUT2D eigenvalue weighted by Gasteiger charge is 2.15. The first-order valence-corrected chi connectivity index (χ1v) is 8.30. The van der Waals surface area contributed by atoms with Gasteiger partial charge in [-0.1, -0.05) is 18.2 Å². The second-order valence-electron chi connectivity index (χ2n) is 6.23. The maximum Gasteiger partial charge on any atom is 0.244 e. The molecule has 0 aliphatic carbocycles. The van der Waals surface area contributed by atoms with Crippen molar-refractivity contribution in [3.63, 3.8) is 0 Å². The van der Waals surface area contributed by atoms with Gasteiger partial charge in [0.2, 0.25) is 12.7 Å². The van der Waals surface area contributed by atoms with Crippen molar-refractivity contribution in [2.75, 3.05) is 27.4 Å². The van der Waals surface area contributed by atoms with Crippen molar-refractivity contribution >= 4 is 12.0 Å². The highest BCUT2D eigenvalue weighted by molar-refractivity contribution is 5.91. The second-order valence-corrected chi connectivity index (χ2v) is 6.23. The molecule has 0 spiro atoms. The lowest BCUT2D eigenvalue weighted by molar-refractivity contribution is -0.116. The molecule has 1 atom stereocenters. The average Bonchev–Trinajstić information content (AvgIpc) is 3.07. The number of carbonyl (C=O) groups excluding carboxylic acids is 1. The molecule has 0 bridgehead atoms. The van der Waals surface area contributed by atoms with E-state index < -0.39 is 0 Å². The van der Waals surface area contributed by atoms with Gasteiger partial charge in [0.1, 0.15) is 5.82 Å². The molecule has 1 N–H and O–H groups in total. The van der Waals surface area contributed by atoms with Crippen LogP contribution < -0.4 is 14.8 Å². The van der Waals surface area contributed by atoms with E-state index in [2.05, 4.69) is 5.32 Å². The van der Waals surface area contributed by atoms with Crippen molar-refractivity contribution < 1.29 is 18.7 Å². The van der Waals surface area contributed by atoms with Gasteiger partial charge in [-0.3, -0.25) is 4.79 Å². The fourth-order valence-electron chi connectivity index (χ4n) is 2.76. The second kappa shape index (κ2) is 8.01. The lowest BCUT2D eigenvalue weighted by Crippen LogP contribution is -2.33. The molecule has 0 radical (unpaired) electrons. The molecule has 136 valence electrons. The minimum Gasteiger partial charge on any atom is -0.454 e. The van der Waals surface area contributed by atoms with Gasteiger partial charge in [-0.2, -0.15) is 0 Å². The molecule has 0 aromatic heterocycles. The number of likely N-dealkylation sites (N-methyl/N-ethyl adjacent to an activating group) is 1. The minimum absolute atomic E-state index is 0.117. The summed E-state index contributed by atoms with van der Waals surface area (Å²) in [5, 5.41) is 2.86. The molecule has 0 saturated heterocycles. The molecular formula is C20H21FN2O3. The number of rotatable bonds is 6. The SMILES string of the molecule is CN(C)C(CNC(=O)/C=C/c1ccc2c(c1)OCO2)c1cccc(F)c1. The lowest BCUT2D eigenvalue weighted by Gasteiger charge is -2.24. The summed E-state index contributed by atoms with van der Waals surface area (Å²) in [6.45, 7) is 0.593. The molecular weight excluding hydrogens is 335 g/mol. The normalized spacial score (nSPS) is 14.0. The zero-order valence-electron chi connectivity index (χ0n) is 14.7. The van der Waals surface area contributed by atoms with Crippen LogP contribution in [-0.4, -0.2) is 38.2 Å². The summed E-state index contributed by atoms with van der Waals surface area (Å²) in [5.41, 5.74) is 1.66. The molecule has 1 amide bonds. The summed E-state index contributed by atoms with van der Waals surface area (Å²) >= 11 is 0. The average molecular weight is 356 g/mol. The van der Waals surface area contributed by atoms with Crippen molar-refractivity contribution in [1.29, 1.82) is 0 Å². The highest BCUT2D eigenvalue weighted by Crippen LogP contribution is 2.32. The van der Waals surface area contributed by atoms with E-state index in [-0.39, 0.29) is 24.6 Å². The number of ether oxygens (including phenoxy) is 2. The molecule has 2 aromatic carbocycles. The first kappa shape index (κ1) is 17.9. The van der Waals surface area contributed by atoms with E-state index in [1.54, 1.807) is 12.1 Å². The van der Waals surface area contributed by atoms with E-state index in [1.165, 1.54) is 18.2 Å². The molecule has 3 rings (SSSR count). The van der Waals surface area contributed by atoms with E-state index in [0.717, 1.165) is 11.1 Å². The molecule has 0 fully saturated rings. The predicted molar refractivity (Wildman–Crippen MR) is 97.4 cm³/mol. The molecule has 5 nitrogen and oxygen atoms in total. The molecule has 0 saturated carbocycles. The third-order valence-corrected chi connectivity index (χ3v) is 4.15. The largest absolute Gasteiger partial charge is 0.454 e. The number of benzene rings is 2. The van der Waals surface area contributed by atoms with Gasteiger partial charge in [-0.25, -0.2) is 4.39 Å². The van der Waals surface area contributed by atoms with Crippen molar-refractivity contribution in [1.82, 2.24) is 10.2 Å². The molecule has 1 unspecified atom stereocenters. The minimum atomic E-state index is -0.289. The van der Waals surface area contributed by atoms with Gasteiger partial charge in [-0.05, 0) is 55.6 Å². The molecule has 1 aliphatic heterocycles. The first-order chi connectivity index (χ1) is 12.5. The van der Waals surface area contributed by atoms with Gasteiger partial charge in [-0.15, -0.1) is 0 Å². The number of nitrogens with zero attached hydrogens (tertiary/aromatic N) is 1. The Morgan fingerprint density at radius 3 is 2.81 bits per heavy atom. The van der Waals surface area contributed by atoms with Crippen LogP contribution in [-0.2, 0) is 4.79 Å². The number of fused-ring (bicyclic) bond motifs is 1. The van der Waals surface area contributed by atoms with Gasteiger partial charge in [0.15, 0.2) is 11.5 Å². The summed E-state index contributed by atoms with van der Waals surface area (Å²) in [4.78, 5) is 14.1. The van der Waals surface area contributed by atoms with Crippen LogP contribution in [0.2, 0.25) is 0 Å². The van der Waals surface area contributed by atoms with E-state index >= 15 is 0 Å². The van der Waals surface area contributed by atoms with Crippen LogP contribution in [0.1, 0.15) is 17.2 Å². The number of halogens is 1. The smallest absolute Gasteiger partial charge is 0.244 e. The van der Waals surface area contributed by atoms with Crippen molar-refractivity contribution in [2.24, 2.45) is 0 Å². The predicted octanol–water partition coefficient (Wildman–Crippen LogP) is 2.99. The maximum absolute atomic E-state index is 13.5. The fourth-order valence-corrected chi connectivity index (χ4v) is 2.76. The van der Waals surface area contributed by atoms with Gasteiger partial charge in [0.25, 0.3) is 0 Å². The number of hydrogen-bond acceptors (Lipinski definition) is 4. The van der Waals surface area contributed by atoms with Crippen LogP contribution in [0, 0.1) is 5.82 Å². The Hall–Kier alpha value is -2.86. The molecule has 2 aromatic rings. The van der Waals surface area contributed by atoms with E-state index in [4.69, 9.17) is 9.47 Å². The Morgan fingerprint density at radius 2 is 2.04 bits per heavy atom. The molecule has 6 heteroatoms. The standard InChI is InChI=1S/C20H21FN2O3/c1-23(2)17(15-4-3-5-16(21)11-15)12-22-20(24)9-7-14-6-8-18-19(10-14)26-13-25-18/h3-11,17H,12-13H2,1-2H3,(H,22,24)/b9-7+. The van der Waals surface area contributed by atoms with E-state index in [1.807, 2.05) is 43.3 Å². The Balaban J connectivity index is 1.60. The van der Waals surface area contributed by atoms with Crippen LogP contribution in [0.4, 0.5) is 4.39 Å². The van der Waals surface area contributed by atoms with Crippen LogP contribution in [0.3, 0.4) is 0 Å². The van der Waals surface area contributed by atoms with Crippen LogP contribution in [0.25, 0.3) is 6.08 Å². The summed E-state index contributed by atoms with van der Waals surface area (Å²) < 4.78 is 24.0. The zero-order chi connectivity index (χ0) is 18.5. The van der Waals surface area contributed by atoms with Crippen molar-refractivity contribution in [2.45, 2.75) is 6.04 Å². The topological polar surface area (TPSA) is 50.8 Å². The lowest BCUT2D eigenvalue weighted by atomic mass is 10.1. The Bertz CT molecular complexity index is 820. The van der Waals surface area contributed by atoms with Gasteiger partial charge in [0, 0.05) is 12.6 Å². The van der Waals surface area contributed by atoms with Gasteiger partial charge < -0.3 is 19.7 Å². The van der Waals surface area contributed by atoms with Crippen LogP contribution in [0.5, 0.6) is 11.5 Å². The fraction of sp³-hybridized carbons (Fsp3) is 0.250. The quantitative estimate of drug-likeness (QED) is 0.809. The molecule has 26 heavy (non-hydrogen) atoms. The molecule has 1 heterocycles. The van der Waals surface area contributed by atoms with Crippen molar-refractivity contribution in [3.05, 3.63) is 65.5 Å². The summed E-state index contributed by atoms with van der Waals surface area (Å²) in [6, 6.07) is 11.8.